The Morgan fingerprint density at radius 3 is 2.56 bits per heavy atom. The van der Waals surface area contributed by atoms with Crippen molar-refractivity contribution >= 4 is 11.0 Å². The maximum atomic E-state index is 12.5. The van der Waals surface area contributed by atoms with Crippen molar-refractivity contribution in [2.24, 2.45) is 0 Å². The minimum absolute atomic E-state index is 0.0884. The van der Waals surface area contributed by atoms with E-state index in [4.69, 9.17) is 0 Å². The summed E-state index contributed by atoms with van der Waals surface area (Å²) in [4.78, 5) is 7.66. The van der Waals surface area contributed by atoms with Crippen LogP contribution in [-0.4, -0.2) is 19.7 Å². The van der Waals surface area contributed by atoms with E-state index >= 15 is 0 Å². The van der Waals surface area contributed by atoms with E-state index in [-0.39, 0.29) is 5.82 Å². The zero-order valence-electron chi connectivity index (χ0n) is 12.7. The van der Waals surface area contributed by atoms with Gasteiger partial charge < -0.3 is 9.09 Å². The van der Waals surface area contributed by atoms with Gasteiger partial charge in [0, 0.05) is 24.5 Å². The summed E-state index contributed by atoms with van der Waals surface area (Å²) in [6.07, 6.45) is -0.962. The van der Waals surface area contributed by atoms with Crippen molar-refractivity contribution in [3.8, 4) is 11.4 Å². The van der Waals surface area contributed by atoms with Crippen LogP contribution in [0.5, 0.6) is 0 Å². The molecule has 0 aliphatic carbocycles. The summed E-state index contributed by atoms with van der Waals surface area (Å²) in [6, 6.07) is 12.8. The Kier molecular flexibility index (Phi) is 3.52. The van der Waals surface area contributed by atoms with E-state index in [2.05, 4.69) is 19.6 Å². The first-order chi connectivity index (χ1) is 12.0. The summed E-state index contributed by atoms with van der Waals surface area (Å²) < 4.78 is 43.8. The van der Waals surface area contributed by atoms with Gasteiger partial charge in [0.2, 0.25) is 5.82 Å². The zero-order chi connectivity index (χ0) is 17.4. The van der Waals surface area contributed by atoms with Gasteiger partial charge in [-0.2, -0.15) is 18.2 Å². The normalized spacial score (nSPS) is 12.0. The van der Waals surface area contributed by atoms with Crippen molar-refractivity contribution in [3.63, 3.8) is 0 Å². The van der Waals surface area contributed by atoms with E-state index in [9.17, 15) is 13.2 Å². The van der Waals surface area contributed by atoms with Crippen molar-refractivity contribution in [1.29, 1.82) is 0 Å². The molecular formula is C17H11F3N4O. The number of rotatable bonds is 3. The van der Waals surface area contributed by atoms with E-state index < -0.39 is 12.1 Å². The zero-order valence-corrected chi connectivity index (χ0v) is 12.7. The number of pyridine rings is 1. The lowest BCUT2D eigenvalue weighted by molar-refractivity contribution is -0.159. The van der Waals surface area contributed by atoms with Gasteiger partial charge in [-0.3, -0.25) is 4.98 Å². The number of benzene rings is 1. The molecule has 3 aromatic heterocycles. The average Bonchev–Trinajstić information content (AvgIpc) is 3.23. The third-order valence-corrected chi connectivity index (χ3v) is 3.77. The Morgan fingerprint density at radius 2 is 1.84 bits per heavy atom. The highest BCUT2D eigenvalue weighted by atomic mass is 19.4. The second-order valence-electron chi connectivity index (χ2n) is 5.47. The number of halogens is 3. The molecule has 0 N–H and O–H groups in total. The molecule has 126 valence electrons. The second-order valence-corrected chi connectivity index (χ2v) is 5.47. The minimum atomic E-state index is -4.64. The van der Waals surface area contributed by atoms with Crippen LogP contribution in [0.1, 0.15) is 11.5 Å². The standard InChI is InChI=1S/C17H11F3N4O/c18-17(19,20)16-22-15(23-25-16)12-5-3-11(4-6-12)10-24-9-7-13-14(24)2-1-8-21-13/h1-9H,10H2. The van der Waals surface area contributed by atoms with Crippen molar-refractivity contribution in [2.75, 3.05) is 0 Å². The first kappa shape index (κ1) is 15.4. The lowest BCUT2D eigenvalue weighted by atomic mass is 10.1. The molecule has 8 heteroatoms. The smallest absolute Gasteiger partial charge is 0.342 e. The van der Waals surface area contributed by atoms with Gasteiger partial charge in [0.15, 0.2) is 0 Å². The van der Waals surface area contributed by atoms with Crippen LogP contribution >= 0.6 is 0 Å². The predicted octanol–water partition coefficient (Wildman–Crippen LogP) is 4.15. The molecule has 1 aromatic carbocycles. The molecule has 0 bridgehead atoms. The van der Waals surface area contributed by atoms with E-state index in [1.807, 2.05) is 41.1 Å². The molecule has 0 saturated carbocycles. The quantitative estimate of drug-likeness (QED) is 0.560. The first-order valence-electron chi connectivity index (χ1n) is 7.41. The number of hydrogen-bond acceptors (Lipinski definition) is 4. The molecular weight excluding hydrogens is 333 g/mol. The van der Waals surface area contributed by atoms with Crippen molar-refractivity contribution in [1.82, 2.24) is 19.7 Å². The molecule has 0 spiro atoms. The highest BCUT2D eigenvalue weighted by Crippen LogP contribution is 2.29. The van der Waals surface area contributed by atoms with Crippen LogP contribution in [0.25, 0.3) is 22.4 Å². The lowest BCUT2D eigenvalue weighted by Crippen LogP contribution is -2.04. The van der Waals surface area contributed by atoms with Gasteiger partial charge in [-0.1, -0.05) is 29.4 Å². The summed E-state index contributed by atoms with van der Waals surface area (Å²) in [6.45, 7) is 0.621. The molecule has 3 heterocycles. The summed E-state index contributed by atoms with van der Waals surface area (Å²) in [7, 11) is 0. The molecule has 25 heavy (non-hydrogen) atoms. The Labute approximate surface area is 139 Å². The number of fused-ring (bicyclic) bond motifs is 1. The van der Waals surface area contributed by atoms with Gasteiger partial charge >= 0.3 is 12.1 Å². The van der Waals surface area contributed by atoms with E-state index in [1.54, 1.807) is 18.3 Å². The molecule has 0 aliphatic rings. The molecule has 4 aromatic rings. The third-order valence-electron chi connectivity index (χ3n) is 3.77. The van der Waals surface area contributed by atoms with Crippen molar-refractivity contribution in [2.45, 2.75) is 12.7 Å². The van der Waals surface area contributed by atoms with Crippen LogP contribution < -0.4 is 0 Å². The average molecular weight is 344 g/mol. The van der Waals surface area contributed by atoms with Gasteiger partial charge in [-0.05, 0) is 23.8 Å². The maximum Gasteiger partial charge on any atom is 0.471 e. The van der Waals surface area contributed by atoms with Crippen LogP contribution in [0, 0.1) is 0 Å². The highest BCUT2D eigenvalue weighted by molar-refractivity contribution is 5.75. The van der Waals surface area contributed by atoms with Gasteiger partial charge in [-0.15, -0.1) is 0 Å². The van der Waals surface area contributed by atoms with E-state index in [1.165, 1.54) is 0 Å². The first-order valence-corrected chi connectivity index (χ1v) is 7.41. The Balaban J connectivity index is 1.57. The van der Waals surface area contributed by atoms with Gasteiger partial charge in [0.1, 0.15) is 0 Å². The minimum Gasteiger partial charge on any atom is -0.342 e. The van der Waals surface area contributed by atoms with Crippen LogP contribution in [0.15, 0.2) is 59.4 Å². The van der Waals surface area contributed by atoms with Gasteiger partial charge in [-0.25, -0.2) is 0 Å². The third kappa shape index (κ3) is 2.98. The fraction of sp³-hybridized carbons (Fsp3) is 0.118. The molecule has 0 amide bonds. The SMILES string of the molecule is FC(F)(F)c1nc(-c2ccc(Cn3ccc4ncccc43)cc2)no1. The molecule has 0 radical (unpaired) electrons. The largest absolute Gasteiger partial charge is 0.471 e. The van der Waals surface area contributed by atoms with Crippen molar-refractivity contribution < 1.29 is 17.7 Å². The van der Waals surface area contributed by atoms with Crippen LogP contribution in [0.3, 0.4) is 0 Å². The number of alkyl halides is 3. The molecule has 0 aliphatic heterocycles. The molecule has 0 atom stereocenters. The number of nitrogens with zero attached hydrogens (tertiary/aromatic N) is 4. The fourth-order valence-electron chi connectivity index (χ4n) is 2.57. The van der Waals surface area contributed by atoms with Crippen LogP contribution in [-0.2, 0) is 12.7 Å². The Hall–Kier alpha value is -3.16. The monoisotopic (exact) mass is 344 g/mol. The summed E-state index contributed by atoms with van der Waals surface area (Å²) in [5.41, 5.74) is 3.37. The molecule has 4 rings (SSSR count). The maximum absolute atomic E-state index is 12.5. The lowest BCUT2D eigenvalue weighted by Gasteiger charge is -2.06. The summed E-state index contributed by atoms with van der Waals surface area (Å²) in [5.74, 6) is -1.44. The number of aromatic nitrogens is 4. The number of hydrogen-bond donors (Lipinski definition) is 0. The van der Waals surface area contributed by atoms with E-state index in [0.717, 1.165) is 16.6 Å². The Bertz CT molecular complexity index is 1020. The molecule has 5 nitrogen and oxygen atoms in total. The van der Waals surface area contributed by atoms with Crippen molar-refractivity contribution in [3.05, 3.63) is 66.3 Å². The van der Waals surface area contributed by atoms with Gasteiger partial charge in [0.25, 0.3) is 0 Å². The van der Waals surface area contributed by atoms with E-state index in [0.29, 0.717) is 12.1 Å². The molecule has 0 unspecified atom stereocenters. The molecule has 0 fully saturated rings. The predicted molar refractivity (Wildman–Crippen MR) is 83.6 cm³/mol. The summed E-state index contributed by atoms with van der Waals surface area (Å²) in [5, 5.41) is 3.38. The van der Waals surface area contributed by atoms with Crippen LogP contribution in [0.2, 0.25) is 0 Å². The van der Waals surface area contributed by atoms with Gasteiger partial charge in [0.05, 0.1) is 11.0 Å². The van der Waals surface area contributed by atoms with Crippen LogP contribution in [0.4, 0.5) is 13.2 Å². The Morgan fingerprint density at radius 1 is 1.04 bits per heavy atom. The fourth-order valence-corrected chi connectivity index (χ4v) is 2.57. The topological polar surface area (TPSA) is 56.7 Å². The highest BCUT2D eigenvalue weighted by Gasteiger charge is 2.38. The summed E-state index contributed by atoms with van der Waals surface area (Å²) >= 11 is 0. The molecule has 0 saturated heterocycles. The second kappa shape index (κ2) is 5.73.